The molecule has 0 spiro atoms. The minimum absolute atomic E-state index is 0.101. The van der Waals surface area contributed by atoms with Crippen molar-refractivity contribution in [1.29, 1.82) is 0 Å². The van der Waals surface area contributed by atoms with Crippen LogP contribution in [0.15, 0.2) is 12.1 Å². The Balaban J connectivity index is 2.38. The summed E-state index contributed by atoms with van der Waals surface area (Å²) in [5.41, 5.74) is 2.52. The molecule has 5 nitrogen and oxygen atoms in total. The molecule has 0 aromatic heterocycles. The normalized spacial score (nSPS) is 21.3. The number of methoxy groups -OCH3 is 1. The van der Waals surface area contributed by atoms with Crippen LogP contribution >= 0.6 is 0 Å². The van der Waals surface area contributed by atoms with Crippen LogP contribution in [0.25, 0.3) is 0 Å². The van der Waals surface area contributed by atoms with Gasteiger partial charge in [0.2, 0.25) is 5.91 Å². The highest BCUT2D eigenvalue weighted by Crippen LogP contribution is 2.38. The lowest BCUT2D eigenvalue weighted by Crippen LogP contribution is -2.39. The third-order valence-corrected chi connectivity index (χ3v) is 4.33. The maximum Gasteiger partial charge on any atom is 0.226 e. The lowest BCUT2D eigenvalue weighted by Gasteiger charge is -2.29. The van der Waals surface area contributed by atoms with Crippen LogP contribution in [0.3, 0.4) is 0 Å². The van der Waals surface area contributed by atoms with Gasteiger partial charge in [0.05, 0.1) is 13.0 Å². The fourth-order valence-corrected chi connectivity index (χ4v) is 3.31. The Labute approximate surface area is 136 Å². The van der Waals surface area contributed by atoms with Crippen LogP contribution in [0.1, 0.15) is 35.4 Å². The van der Waals surface area contributed by atoms with Gasteiger partial charge in [-0.3, -0.25) is 14.4 Å². The molecule has 1 fully saturated rings. The molecule has 0 N–H and O–H groups in total. The van der Waals surface area contributed by atoms with Crippen LogP contribution in [-0.4, -0.2) is 43.6 Å². The van der Waals surface area contributed by atoms with E-state index in [0.717, 1.165) is 11.1 Å². The van der Waals surface area contributed by atoms with Gasteiger partial charge in [0.15, 0.2) is 0 Å². The number of benzene rings is 1. The molecule has 1 saturated carbocycles. The van der Waals surface area contributed by atoms with Gasteiger partial charge in [-0.1, -0.05) is 6.07 Å². The summed E-state index contributed by atoms with van der Waals surface area (Å²) in [5, 5.41) is 0. The van der Waals surface area contributed by atoms with E-state index in [2.05, 4.69) is 0 Å². The smallest absolute Gasteiger partial charge is 0.226 e. The lowest BCUT2D eigenvalue weighted by atomic mass is 9.74. The van der Waals surface area contributed by atoms with E-state index >= 15 is 0 Å². The van der Waals surface area contributed by atoms with Gasteiger partial charge in [-0.2, -0.15) is 0 Å². The molecule has 0 aliphatic heterocycles. The van der Waals surface area contributed by atoms with Crippen molar-refractivity contribution in [2.24, 2.45) is 5.92 Å². The van der Waals surface area contributed by atoms with Gasteiger partial charge in [-0.25, -0.2) is 0 Å². The first-order chi connectivity index (χ1) is 10.8. The summed E-state index contributed by atoms with van der Waals surface area (Å²) < 4.78 is 5.39. The largest absolute Gasteiger partial charge is 0.496 e. The Morgan fingerprint density at radius 2 is 1.70 bits per heavy atom. The molecule has 0 unspecified atom stereocenters. The van der Waals surface area contributed by atoms with Crippen molar-refractivity contribution in [1.82, 2.24) is 4.90 Å². The number of carbonyl (C=O) groups is 3. The highest BCUT2D eigenvalue weighted by molar-refractivity contribution is 6.12. The number of carbonyl (C=O) groups excluding carboxylic acids is 3. The molecular formula is C18H23NO4. The lowest BCUT2D eigenvalue weighted by molar-refractivity contribution is -0.143. The molecule has 124 valence electrons. The molecule has 23 heavy (non-hydrogen) atoms. The predicted molar refractivity (Wildman–Crippen MR) is 86.6 cm³/mol. The van der Waals surface area contributed by atoms with E-state index in [-0.39, 0.29) is 30.3 Å². The van der Waals surface area contributed by atoms with E-state index in [9.17, 15) is 14.4 Å². The zero-order valence-corrected chi connectivity index (χ0v) is 14.3. The monoisotopic (exact) mass is 317 g/mol. The third kappa shape index (κ3) is 3.28. The zero-order chi connectivity index (χ0) is 17.3. The first kappa shape index (κ1) is 17.2. The second-order valence-electron chi connectivity index (χ2n) is 6.40. The minimum Gasteiger partial charge on any atom is -0.496 e. The number of nitrogens with zero attached hydrogens (tertiary/aromatic N) is 1. The van der Waals surface area contributed by atoms with Crippen LogP contribution in [-0.2, 0) is 14.4 Å². The second-order valence-corrected chi connectivity index (χ2v) is 6.40. The number of rotatable bonds is 3. The highest BCUT2D eigenvalue weighted by Gasteiger charge is 2.41. The van der Waals surface area contributed by atoms with Crippen molar-refractivity contribution in [3.63, 3.8) is 0 Å². The molecule has 2 rings (SSSR count). The fraction of sp³-hybridized carbons (Fsp3) is 0.500. The molecule has 0 atom stereocenters. The van der Waals surface area contributed by atoms with Crippen LogP contribution < -0.4 is 4.74 Å². The van der Waals surface area contributed by atoms with Crippen molar-refractivity contribution in [3.8, 4) is 5.75 Å². The first-order valence-corrected chi connectivity index (χ1v) is 7.68. The van der Waals surface area contributed by atoms with E-state index in [4.69, 9.17) is 4.74 Å². The molecule has 0 bridgehead atoms. The van der Waals surface area contributed by atoms with Crippen LogP contribution in [0.4, 0.5) is 0 Å². The molecule has 1 aliphatic rings. The van der Waals surface area contributed by atoms with Gasteiger partial charge in [0.1, 0.15) is 23.2 Å². The van der Waals surface area contributed by atoms with E-state index in [1.165, 1.54) is 12.0 Å². The van der Waals surface area contributed by atoms with Crippen LogP contribution in [0.2, 0.25) is 0 Å². The molecule has 1 aromatic carbocycles. The SMILES string of the molecule is COc1cc(C)cc(C)c1C1C(=O)CC(C(=O)N(C)C)CC1=O. The van der Waals surface area contributed by atoms with Gasteiger partial charge in [0.25, 0.3) is 0 Å². The summed E-state index contributed by atoms with van der Waals surface area (Å²) in [5.74, 6) is -1.38. The molecule has 5 heteroatoms. The van der Waals surface area contributed by atoms with E-state index in [0.29, 0.717) is 11.3 Å². The summed E-state index contributed by atoms with van der Waals surface area (Å²) in [6.07, 6.45) is 0.202. The first-order valence-electron chi connectivity index (χ1n) is 7.68. The predicted octanol–water partition coefficient (Wildman–Crippen LogP) is 2.03. The van der Waals surface area contributed by atoms with Crippen molar-refractivity contribution in [3.05, 3.63) is 28.8 Å². The summed E-state index contributed by atoms with van der Waals surface area (Å²) >= 11 is 0. The molecule has 0 radical (unpaired) electrons. The van der Waals surface area contributed by atoms with Crippen LogP contribution in [0.5, 0.6) is 5.75 Å². The van der Waals surface area contributed by atoms with Crippen molar-refractivity contribution < 1.29 is 19.1 Å². The third-order valence-electron chi connectivity index (χ3n) is 4.33. The number of amides is 1. The zero-order valence-electron chi connectivity index (χ0n) is 14.3. The van der Waals surface area contributed by atoms with Gasteiger partial charge in [0, 0.05) is 32.5 Å². The van der Waals surface area contributed by atoms with Crippen molar-refractivity contribution in [2.45, 2.75) is 32.6 Å². The Kier molecular flexibility index (Phi) is 4.88. The molecular weight excluding hydrogens is 294 g/mol. The summed E-state index contributed by atoms with van der Waals surface area (Å²) in [6, 6.07) is 3.77. The highest BCUT2D eigenvalue weighted by atomic mass is 16.5. The minimum atomic E-state index is -0.822. The molecule has 0 saturated heterocycles. The fourth-order valence-electron chi connectivity index (χ4n) is 3.31. The average molecular weight is 317 g/mol. The Bertz CT molecular complexity index is 645. The molecule has 0 heterocycles. The molecule has 1 aromatic rings. The number of ketones is 2. The number of aryl methyl sites for hydroxylation is 2. The Morgan fingerprint density at radius 3 is 2.17 bits per heavy atom. The average Bonchev–Trinajstić information content (AvgIpc) is 2.46. The van der Waals surface area contributed by atoms with Gasteiger partial charge in [-0.15, -0.1) is 0 Å². The van der Waals surface area contributed by atoms with Crippen molar-refractivity contribution in [2.75, 3.05) is 21.2 Å². The van der Waals surface area contributed by atoms with Gasteiger partial charge < -0.3 is 9.64 Å². The van der Waals surface area contributed by atoms with Gasteiger partial charge >= 0.3 is 0 Å². The van der Waals surface area contributed by atoms with E-state index in [1.54, 1.807) is 14.1 Å². The summed E-state index contributed by atoms with van der Waals surface area (Å²) in [4.78, 5) is 38.7. The number of Topliss-reactive ketones (excluding diaryl/α,β-unsaturated/α-hetero) is 2. The second kappa shape index (κ2) is 6.52. The van der Waals surface area contributed by atoms with Crippen LogP contribution in [0, 0.1) is 19.8 Å². The van der Waals surface area contributed by atoms with E-state index in [1.807, 2.05) is 26.0 Å². The molecule has 1 aliphatic carbocycles. The number of ether oxygens (including phenoxy) is 1. The quantitative estimate of drug-likeness (QED) is 0.800. The number of hydrogen-bond donors (Lipinski definition) is 0. The number of hydrogen-bond acceptors (Lipinski definition) is 4. The van der Waals surface area contributed by atoms with E-state index < -0.39 is 11.8 Å². The maximum absolute atomic E-state index is 12.6. The van der Waals surface area contributed by atoms with Gasteiger partial charge in [-0.05, 0) is 31.0 Å². The standard InChI is InChI=1S/C18H23NO4/c1-10-6-11(2)16(15(7-10)23-5)17-13(20)8-12(9-14(17)21)18(22)19(3)4/h6-7,12,17H,8-9H2,1-5H3. The Morgan fingerprint density at radius 1 is 1.13 bits per heavy atom. The maximum atomic E-state index is 12.6. The van der Waals surface area contributed by atoms with Crippen molar-refractivity contribution >= 4 is 17.5 Å². The Hall–Kier alpha value is -2.17. The summed E-state index contributed by atoms with van der Waals surface area (Å²) in [6.45, 7) is 3.82. The summed E-state index contributed by atoms with van der Waals surface area (Å²) in [7, 11) is 4.81. The topological polar surface area (TPSA) is 63.7 Å². The molecule has 1 amide bonds.